The van der Waals surface area contributed by atoms with Gasteiger partial charge in [0.15, 0.2) is 11.5 Å². The molecule has 3 aromatic carbocycles. The Hall–Kier alpha value is -3.21. The van der Waals surface area contributed by atoms with Gasteiger partial charge in [-0.05, 0) is 48.6 Å². The maximum Gasteiger partial charge on any atom is 0.235 e. The van der Waals surface area contributed by atoms with Gasteiger partial charge in [0.05, 0.1) is 12.0 Å². The van der Waals surface area contributed by atoms with Crippen molar-refractivity contribution in [2.75, 3.05) is 18.7 Å². The maximum atomic E-state index is 13.8. The molecule has 0 spiro atoms. The normalized spacial score (nSPS) is 16.5. The zero-order chi connectivity index (χ0) is 22.1. The van der Waals surface area contributed by atoms with E-state index in [9.17, 15) is 4.79 Å². The predicted molar refractivity (Wildman–Crippen MR) is 126 cm³/mol. The third-order valence-electron chi connectivity index (χ3n) is 6.52. The highest BCUT2D eigenvalue weighted by molar-refractivity contribution is 6.07. The summed E-state index contributed by atoms with van der Waals surface area (Å²) in [4.78, 5) is 13.8. The maximum absolute atomic E-state index is 13.8. The van der Waals surface area contributed by atoms with Crippen LogP contribution >= 0.6 is 0 Å². The van der Waals surface area contributed by atoms with Crippen molar-refractivity contribution in [2.24, 2.45) is 5.92 Å². The van der Waals surface area contributed by atoms with Crippen LogP contribution < -0.4 is 19.5 Å². The van der Waals surface area contributed by atoms with Gasteiger partial charge < -0.3 is 19.5 Å². The molecule has 1 saturated carbocycles. The number of ether oxygens (including phenoxy) is 3. The standard InChI is InChI=1S/C27H29NO4/c1-18(2)16-30-23-12-10-22(20-7-3-4-8-21(20)23)28-26(29)27(13-5-6-14-27)19-9-11-24-25(15-19)32-17-31-24/h3-4,7-12,15,18H,5-6,13-14,16-17H2,1-2H3,(H,28,29). The van der Waals surface area contributed by atoms with Crippen molar-refractivity contribution in [2.45, 2.75) is 44.9 Å². The second-order valence-corrected chi connectivity index (χ2v) is 9.17. The van der Waals surface area contributed by atoms with Crippen LogP contribution in [-0.2, 0) is 10.2 Å². The lowest BCUT2D eigenvalue weighted by molar-refractivity contribution is -0.121. The Morgan fingerprint density at radius 3 is 2.53 bits per heavy atom. The molecule has 1 heterocycles. The number of amides is 1. The first-order chi connectivity index (χ1) is 15.6. The molecular formula is C27H29NO4. The molecule has 32 heavy (non-hydrogen) atoms. The molecule has 2 aliphatic rings. The molecule has 0 atom stereocenters. The van der Waals surface area contributed by atoms with Crippen molar-refractivity contribution < 1.29 is 19.0 Å². The minimum Gasteiger partial charge on any atom is -0.493 e. The summed E-state index contributed by atoms with van der Waals surface area (Å²) in [5.74, 6) is 2.79. The number of carbonyl (C=O) groups is 1. The van der Waals surface area contributed by atoms with Gasteiger partial charge in [-0.2, -0.15) is 0 Å². The van der Waals surface area contributed by atoms with Gasteiger partial charge in [0.25, 0.3) is 0 Å². The first-order valence-corrected chi connectivity index (χ1v) is 11.4. The lowest BCUT2D eigenvalue weighted by Gasteiger charge is -2.29. The van der Waals surface area contributed by atoms with Crippen molar-refractivity contribution >= 4 is 22.4 Å². The Morgan fingerprint density at radius 1 is 1.00 bits per heavy atom. The van der Waals surface area contributed by atoms with Crippen LogP contribution in [0.15, 0.2) is 54.6 Å². The summed E-state index contributed by atoms with van der Waals surface area (Å²) in [6.07, 6.45) is 3.72. The van der Waals surface area contributed by atoms with E-state index < -0.39 is 5.41 Å². The molecule has 1 fully saturated rings. The second-order valence-electron chi connectivity index (χ2n) is 9.17. The molecule has 0 aromatic heterocycles. The van der Waals surface area contributed by atoms with Crippen LogP contribution in [0.2, 0.25) is 0 Å². The lowest BCUT2D eigenvalue weighted by Crippen LogP contribution is -2.38. The number of carbonyl (C=O) groups excluding carboxylic acids is 1. The van der Waals surface area contributed by atoms with Crippen LogP contribution in [0.4, 0.5) is 5.69 Å². The highest BCUT2D eigenvalue weighted by atomic mass is 16.7. The Kier molecular flexibility index (Phi) is 5.41. The monoisotopic (exact) mass is 431 g/mol. The number of hydrogen-bond acceptors (Lipinski definition) is 4. The van der Waals surface area contributed by atoms with Crippen LogP contribution in [0, 0.1) is 5.92 Å². The Bertz CT molecular complexity index is 1150. The van der Waals surface area contributed by atoms with E-state index in [0.29, 0.717) is 12.5 Å². The van der Waals surface area contributed by atoms with E-state index in [1.54, 1.807) is 0 Å². The van der Waals surface area contributed by atoms with Crippen LogP contribution in [-0.4, -0.2) is 19.3 Å². The van der Waals surface area contributed by atoms with Gasteiger partial charge in [-0.25, -0.2) is 0 Å². The fourth-order valence-corrected chi connectivity index (χ4v) is 4.82. The van der Waals surface area contributed by atoms with Gasteiger partial charge in [-0.3, -0.25) is 4.79 Å². The van der Waals surface area contributed by atoms with Gasteiger partial charge in [0, 0.05) is 16.5 Å². The highest BCUT2D eigenvalue weighted by Gasteiger charge is 2.43. The van der Waals surface area contributed by atoms with Gasteiger partial charge >= 0.3 is 0 Å². The number of hydrogen-bond donors (Lipinski definition) is 1. The largest absolute Gasteiger partial charge is 0.493 e. The van der Waals surface area contributed by atoms with Crippen molar-refractivity contribution in [3.05, 3.63) is 60.2 Å². The summed E-state index contributed by atoms with van der Waals surface area (Å²) >= 11 is 0. The quantitative estimate of drug-likeness (QED) is 0.516. The molecule has 1 aliphatic heterocycles. The van der Waals surface area contributed by atoms with Crippen LogP contribution in [0.5, 0.6) is 17.2 Å². The number of nitrogens with one attached hydrogen (secondary N) is 1. The summed E-state index contributed by atoms with van der Waals surface area (Å²) in [6, 6.07) is 17.9. The molecule has 1 amide bonds. The highest BCUT2D eigenvalue weighted by Crippen LogP contribution is 2.45. The Morgan fingerprint density at radius 2 is 1.75 bits per heavy atom. The number of rotatable bonds is 6. The first-order valence-electron chi connectivity index (χ1n) is 11.4. The molecule has 0 saturated heterocycles. The van der Waals surface area contributed by atoms with E-state index in [-0.39, 0.29) is 12.7 Å². The average molecular weight is 432 g/mol. The molecule has 0 bridgehead atoms. The zero-order valence-electron chi connectivity index (χ0n) is 18.6. The third-order valence-corrected chi connectivity index (χ3v) is 6.52. The van der Waals surface area contributed by atoms with Crippen LogP contribution in [0.3, 0.4) is 0 Å². The van der Waals surface area contributed by atoms with Crippen molar-refractivity contribution in [3.63, 3.8) is 0 Å². The third kappa shape index (κ3) is 3.66. The summed E-state index contributed by atoms with van der Waals surface area (Å²) in [5.41, 5.74) is 1.25. The summed E-state index contributed by atoms with van der Waals surface area (Å²) in [5, 5.41) is 5.26. The molecule has 1 aliphatic carbocycles. The SMILES string of the molecule is CC(C)COc1ccc(NC(=O)C2(c3ccc4c(c3)OCO4)CCCC2)c2ccccc12. The first kappa shape index (κ1) is 20.7. The smallest absolute Gasteiger partial charge is 0.235 e. The molecule has 0 unspecified atom stereocenters. The molecule has 1 N–H and O–H groups in total. The van der Waals surface area contributed by atoms with E-state index in [4.69, 9.17) is 14.2 Å². The fraction of sp³-hybridized carbons (Fsp3) is 0.370. The summed E-state index contributed by atoms with van der Waals surface area (Å²) in [6.45, 7) is 5.15. The average Bonchev–Trinajstić information content (AvgIpc) is 3.48. The zero-order valence-corrected chi connectivity index (χ0v) is 18.6. The van der Waals surface area contributed by atoms with Crippen molar-refractivity contribution in [3.8, 4) is 17.2 Å². The summed E-state index contributed by atoms with van der Waals surface area (Å²) in [7, 11) is 0. The number of anilines is 1. The molecule has 5 rings (SSSR count). The van der Waals surface area contributed by atoms with E-state index in [0.717, 1.165) is 65.0 Å². The molecule has 0 radical (unpaired) electrons. The minimum absolute atomic E-state index is 0.0369. The summed E-state index contributed by atoms with van der Waals surface area (Å²) < 4.78 is 17.1. The molecule has 5 heteroatoms. The second kappa shape index (κ2) is 8.38. The van der Waals surface area contributed by atoms with E-state index in [1.165, 1.54) is 0 Å². The van der Waals surface area contributed by atoms with E-state index >= 15 is 0 Å². The molecule has 5 nitrogen and oxygen atoms in total. The molecular weight excluding hydrogens is 402 g/mol. The van der Waals surface area contributed by atoms with E-state index in [1.807, 2.05) is 54.6 Å². The topological polar surface area (TPSA) is 56.8 Å². The van der Waals surface area contributed by atoms with Crippen molar-refractivity contribution in [1.29, 1.82) is 0 Å². The molecule has 3 aromatic rings. The Labute approximate surface area is 188 Å². The van der Waals surface area contributed by atoms with Crippen LogP contribution in [0.1, 0.15) is 45.1 Å². The number of benzene rings is 3. The predicted octanol–water partition coefficient (Wildman–Crippen LogP) is 6.05. The molecule has 166 valence electrons. The Balaban J connectivity index is 1.48. The minimum atomic E-state index is -0.561. The fourth-order valence-electron chi connectivity index (χ4n) is 4.82. The van der Waals surface area contributed by atoms with Gasteiger partial charge in [0.2, 0.25) is 12.7 Å². The van der Waals surface area contributed by atoms with Gasteiger partial charge in [0.1, 0.15) is 5.75 Å². The van der Waals surface area contributed by atoms with E-state index in [2.05, 4.69) is 19.2 Å². The van der Waals surface area contributed by atoms with Crippen molar-refractivity contribution in [1.82, 2.24) is 0 Å². The van der Waals surface area contributed by atoms with Gasteiger partial charge in [-0.15, -0.1) is 0 Å². The lowest BCUT2D eigenvalue weighted by atomic mass is 9.77. The number of fused-ring (bicyclic) bond motifs is 2. The van der Waals surface area contributed by atoms with Crippen LogP contribution in [0.25, 0.3) is 10.8 Å². The van der Waals surface area contributed by atoms with Gasteiger partial charge in [-0.1, -0.05) is 57.0 Å².